The molecule has 0 saturated carbocycles. The molecule has 0 bridgehead atoms. The molecule has 0 aromatic heterocycles. The Morgan fingerprint density at radius 3 is 2.15 bits per heavy atom. The maximum absolute atomic E-state index is 13.0. The van der Waals surface area contributed by atoms with E-state index in [1.165, 1.54) is 0 Å². The van der Waals surface area contributed by atoms with E-state index in [4.69, 9.17) is 16.3 Å². The van der Waals surface area contributed by atoms with Gasteiger partial charge in [0.1, 0.15) is 12.4 Å². The molecule has 0 atom stereocenters. The molecule has 0 spiro atoms. The SMILES string of the molecule is CC(C)N(c1ccccc1)c1ccc(NC(=O)c2ccccc2OCc2ccccc2Cl)cc1. The quantitative estimate of drug-likeness (QED) is 0.286. The molecular weight excluding hydrogens is 444 g/mol. The highest BCUT2D eigenvalue weighted by molar-refractivity contribution is 6.31. The zero-order valence-electron chi connectivity index (χ0n) is 19.2. The van der Waals surface area contributed by atoms with E-state index in [0.29, 0.717) is 22.0 Å². The van der Waals surface area contributed by atoms with E-state index in [0.717, 1.165) is 16.9 Å². The summed E-state index contributed by atoms with van der Waals surface area (Å²) in [5.74, 6) is 0.276. The van der Waals surface area contributed by atoms with Gasteiger partial charge in [0.15, 0.2) is 0 Å². The Hall–Kier alpha value is -3.76. The molecule has 5 heteroatoms. The summed E-state index contributed by atoms with van der Waals surface area (Å²) in [6, 6.07) is 33.1. The highest BCUT2D eigenvalue weighted by Gasteiger charge is 2.15. The number of ether oxygens (including phenoxy) is 1. The average molecular weight is 471 g/mol. The van der Waals surface area contributed by atoms with Crippen LogP contribution in [0.15, 0.2) is 103 Å². The van der Waals surface area contributed by atoms with Gasteiger partial charge in [-0.15, -0.1) is 0 Å². The third kappa shape index (κ3) is 5.59. The van der Waals surface area contributed by atoms with E-state index in [1.807, 2.05) is 78.9 Å². The number of hydrogen-bond acceptors (Lipinski definition) is 3. The first-order chi connectivity index (χ1) is 16.5. The minimum Gasteiger partial charge on any atom is -0.488 e. The standard InChI is InChI=1S/C29H27ClN2O2/c1-21(2)32(24-11-4-3-5-12-24)25-18-16-23(17-19-25)31-29(33)26-13-7-9-15-28(26)34-20-22-10-6-8-14-27(22)30/h3-19,21H,20H2,1-2H3,(H,31,33). The molecule has 4 nitrogen and oxygen atoms in total. The summed E-state index contributed by atoms with van der Waals surface area (Å²) in [7, 11) is 0. The van der Waals surface area contributed by atoms with Gasteiger partial charge >= 0.3 is 0 Å². The predicted molar refractivity (Wildman–Crippen MR) is 140 cm³/mol. The molecule has 0 heterocycles. The van der Waals surface area contributed by atoms with Crippen LogP contribution in [0.1, 0.15) is 29.8 Å². The molecule has 1 amide bonds. The van der Waals surface area contributed by atoms with Crippen LogP contribution in [0.5, 0.6) is 5.75 Å². The highest BCUT2D eigenvalue weighted by Crippen LogP contribution is 2.29. The van der Waals surface area contributed by atoms with Crippen LogP contribution in [0.4, 0.5) is 17.1 Å². The average Bonchev–Trinajstić information content (AvgIpc) is 2.85. The minimum absolute atomic E-state index is 0.230. The number of amides is 1. The first kappa shape index (κ1) is 23.4. The molecule has 0 saturated heterocycles. The van der Waals surface area contributed by atoms with Gasteiger partial charge in [-0.2, -0.15) is 0 Å². The van der Waals surface area contributed by atoms with Crippen molar-refractivity contribution in [1.82, 2.24) is 0 Å². The second kappa shape index (κ2) is 10.9. The van der Waals surface area contributed by atoms with Gasteiger partial charge in [0.05, 0.1) is 5.56 Å². The molecule has 4 aromatic rings. The van der Waals surface area contributed by atoms with Crippen molar-refractivity contribution in [2.75, 3.05) is 10.2 Å². The van der Waals surface area contributed by atoms with E-state index >= 15 is 0 Å². The summed E-state index contributed by atoms with van der Waals surface area (Å²) in [6.45, 7) is 4.59. The predicted octanol–water partition coefficient (Wildman–Crippen LogP) is 7.72. The normalized spacial score (nSPS) is 10.7. The van der Waals surface area contributed by atoms with Crippen molar-refractivity contribution < 1.29 is 9.53 Å². The van der Waals surface area contributed by atoms with E-state index in [2.05, 4.69) is 36.2 Å². The largest absolute Gasteiger partial charge is 0.488 e. The van der Waals surface area contributed by atoms with Crippen LogP contribution >= 0.6 is 11.6 Å². The van der Waals surface area contributed by atoms with Gasteiger partial charge in [-0.05, 0) is 68.4 Å². The second-order valence-corrected chi connectivity index (χ2v) is 8.58. The van der Waals surface area contributed by atoms with Crippen molar-refractivity contribution in [1.29, 1.82) is 0 Å². The molecule has 0 unspecified atom stereocenters. The fourth-order valence-corrected chi connectivity index (χ4v) is 3.98. The zero-order valence-corrected chi connectivity index (χ0v) is 20.0. The van der Waals surface area contributed by atoms with Gasteiger partial charge in [-0.25, -0.2) is 0 Å². The molecule has 34 heavy (non-hydrogen) atoms. The topological polar surface area (TPSA) is 41.6 Å². The fourth-order valence-electron chi connectivity index (χ4n) is 3.79. The molecule has 1 N–H and O–H groups in total. The molecule has 4 rings (SSSR count). The number of nitrogens with one attached hydrogen (secondary N) is 1. The Morgan fingerprint density at radius 2 is 1.44 bits per heavy atom. The lowest BCUT2D eigenvalue weighted by Crippen LogP contribution is -2.25. The Morgan fingerprint density at radius 1 is 0.824 bits per heavy atom. The Kier molecular flexibility index (Phi) is 7.51. The fraction of sp³-hybridized carbons (Fsp3) is 0.138. The number of anilines is 3. The summed E-state index contributed by atoms with van der Waals surface area (Å²) in [6.07, 6.45) is 0. The van der Waals surface area contributed by atoms with Crippen LogP contribution < -0.4 is 15.0 Å². The molecule has 0 fully saturated rings. The lowest BCUT2D eigenvalue weighted by atomic mass is 10.1. The lowest BCUT2D eigenvalue weighted by Gasteiger charge is -2.29. The minimum atomic E-state index is -0.230. The van der Waals surface area contributed by atoms with Crippen LogP contribution in [-0.4, -0.2) is 11.9 Å². The number of carbonyl (C=O) groups is 1. The third-order valence-corrected chi connectivity index (χ3v) is 5.80. The molecule has 172 valence electrons. The number of rotatable bonds is 8. The number of nitrogens with zero attached hydrogens (tertiary/aromatic N) is 1. The van der Waals surface area contributed by atoms with Crippen LogP contribution in [0, 0.1) is 0 Å². The molecule has 0 radical (unpaired) electrons. The van der Waals surface area contributed by atoms with Gasteiger partial charge in [-0.3, -0.25) is 4.79 Å². The van der Waals surface area contributed by atoms with E-state index in [9.17, 15) is 4.79 Å². The maximum Gasteiger partial charge on any atom is 0.259 e. The van der Waals surface area contributed by atoms with Crippen molar-refractivity contribution in [3.63, 3.8) is 0 Å². The van der Waals surface area contributed by atoms with Gasteiger partial charge in [0.2, 0.25) is 0 Å². The summed E-state index contributed by atoms with van der Waals surface area (Å²) in [5.41, 5.74) is 4.22. The van der Waals surface area contributed by atoms with Crippen LogP contribution in [0.25, 0.3) is 0 Å². The molecule has 4 aromatic carbocycles. The molecular formula is C29H27ClN2O2. The smallest absolute Gasteiger partial charge is 0.259 e. The van der Waals surface area contributed by atoms with E-state index < -0.39 is 0 Å². The van der Waals surface area contributed by atoms with Crippen molar-refractivity contribution in [2.45, 2.75) is 26.5 Å². The van der Waals surface area contributed by atoms with E-state index in [1.54, 1.807) is 12.1 Å². The maximum atomic E-state index is 13.0. The van der Waals surface area contributed by atoms with E-state index in [-0.39, 0.29) is 18.6 Å². The van der Waals surface area contributed by atoms with Crippen molar-refractivity contribution in [2.24, 2.45) is 0 Å². The third-order valence-electron chi connectivity index (χ3n) is 5.43. The monoisotopic (exact) mass is 470 g/mol. The lowest BCUT2D eigenvalue weighted by molar-refractivity contribution is 0.102. The number of benzene rings is 4. The molecule has 0 aliphatic carbocycles. The van der Waals surface area contributed by atoms with Crippen molar-refractivity contribution in [3.8, 4) is 5.75 Å². The Balaban J connectivity index is 1.48. The highest BCUT2D eigenvalue weighted by atomic mass is 35.5. The summed E-state index contributed by atoms with van der Waals surface area (Å²) < 4.78 is 5.94. The van der Waals surface area contributed by atoms with Crippen molar-refractivity contribution in [3.05, 3.63) is 119 Å². The first-order valence-electron chi connectivity index (χ1n) is 11.2. The van der Waals surface area contributed by atoms with Crippen molar-refractivity contribution >= 4 is 34.6 Å². The van der Waals surface area contributed by atoms with Gasteiger partial charge < -0.3 is 15.0 Å². The molecule has 0 aliphatic heterocycles. The van der Waals surface area contributed by atoms with Crippen LogP contribution in [0.3, 0.4) is 0 Å². The number of para-hydroxylation sites is 2. The first-order valence-corrected chi connectivity index (χ1v) is 11.6. The Bertz CT molecular complexity index is 1240. The van der Waals surface area contributed by atoms with Gasteiger partial charge in [-0.1, -0.05) is 60.1 Å². The summed E-state index contributed by atoms with van der Waals surface area (Å²) in [4.78, 5) is 15.3. The van der Waals surface area contributed by atoms with Gasteiger partial charge in [0, 0.05) is 33.7 Å². The summed E-state index contributed by atoms with van der Waals surface area (Å²) in [5, 5.41) is 3.61. The van der Waals surface area contributed by atoms with Crippen LogP contribution in [-0.2, 0) is 6.61 Å². The number of carbonyl (C=O) groups excluding carboxylic acids is 1. The number of hydrogen-bond donors (Lipinski definition) is 1. The summed E-state index contributed by atoms with van der Waals surface area (Å²) >= 11 is 6.23. The van der Waals surface area contributed by atoms with Gasteiger partial charge in [0.25, 0.3) is 5.91 Å². The zero-order chi connectivity index (χ0) is 23.9. The van der Waals surface area contributed by atoms with Crippen LogP contribution in [0.2, 0.25) is 5.02 Å². The number of halogens is 1. The Labute approximate surface area is 205 Å². The molecule has 0 aliphatic rings. The second-order valence-electron chi connectivity index (χ2n) is 8.18.